The molecule has 0 N–H and O–H groups in total. The van der Waals surface area contributed by atoms with Gasteiger partial charge in [0.05, 0.1) is 24.0 Å². The number of methoxy groups -OCH3 is 1. The molecule has 0 saturated heterocycles. The Morgan fingerprint density at radius 3 is 2.71 bits per heavy atom. The van der Waals surface area contributed by atoms with Crippen molar-refractivity contribution in [2.45, 2.75) is 31.2 Å². The molecule has 4 atom stereocenters. The highest BCUT2D eigenvalue weighted by molar-refractivity contribution is 6.16. The highest BCUT2D eigenvalue weighted by Gasteiger charge is 2.66. The van der Waals surface area contributed by atoms with E-state index in [9.17, 15) is 0 Å². The first-order chi connectivity index (χ1) is 10.3. The van der Waals surface area contributed by atoms with Crippen LogP contribution in [0.15, 0.2) is 18.2 Å². The highest BCUT2D eigenvalue weighted by Crippen LogP contribution is 2.72. The van der Waals surface area contributed by atoms with Crippen molar-refractivity contribution in [3.05, 3.63) is 24.0 Å². The molecule has 1 aromatic carbocycles. The van der Waals surface area contributed by atoms with Gasteiger partial charge in [-0.25, -0.2) is 4.98 Å². The number of hydrogen-bond acceptors (Lipinski definition) is 2. The second kappa shape index (κ2) is 4.16. The molecule has 3 aliphatic rings. The summed E-state index contributed by atoms with van der Waals surface area (Å²) in [5.41, 5.74) is 2.24. The average molecular weight is 303 g/mol. The molecule has 0 aliphatic heterocycles. The second-order valence-corrected chi connectivity index (χ2v) is 7.13. The minimum atomic E-state index is 0.488. The fourth-order valence-electron chi connectivity index (χ4n) is 5.31. The number of fused-ring (bicyclic) bond motifs is 6. The molecule has 110 valence electrons. The van der Waals surface area contributed by atoms with E-state index in [1.54, 1.807) is 7.11 Å². The molecule has 3 aliphatic carbocycles. The third kappa shape index (κ3) is 1.53. The average Bonchev–Trinajstić information content (AvgIpc) is 2.88. The van der Waals surface area contributed by atoms with Gasteiger partial charge in [-0.1, -0.05) is 0 Å². The van der Waals surface area contributed by atoms with Gasteiger partial charge in [0.25, 0.3) is 0 Å². The lowest BCUT2D eigenvalue weighted by atomic mass is 10.0. The zero-order valence-corrected chi connectivity index (χ0v) is 12.9. The Morgan fingerprint density at radius 1 is 1.29 bits per heavy atom. The Morgan fingerprint density at radius 2 is 2.05 bits per heavy atom. The Bertz CT molecular complexity index is 709. The van der Waals surface area contributed by atoms with Crippen LogP contribution in [-0.4, -0.2) is 16.7 Å². The lowest BCUT2D eigenvalue weighted by molar-refractivity contribution is 0.415. The molecule has 3 fully saturated rings. The van der Waals surface area contributed by atoms with Crippen molar-refractivity contribution in [2.24, 2.45) is 23.7 Å². The number of rotatable bonds is 3. The van der Waals surface area contributed by atoms with Gasteiger partial charge in [-0.05, 0) is 55.1 Å². The van der Waals surface area contributed by atoms with Gasteiger partial charge in [0, 0.05) is 12.1 Å². The molecule has 3 saturated carbocycles. The van der Waals surface area contributed by atoms with Gasteiger partial charge in [0.1, 0.15) is 11.6 Å². The normalized spacial score (nSPS) is 36.2. The van der Waals surface area contributed by atoms with Crippen LogP contribution in [0.3, 0.4) is 0 Å². The summed E-state index contributed by atoms with van der Waals surface area (Å²) in [6, 6.07) is 6.86. The van der Waals surface area contributed by atoms with Crippen molar-refractivity contribution in [1.82, 2.24) is 9.55 Å². The number of halogens is 1. The Kier molecular flexibility index (Phi) is 2.44. The molecule has 2 aromatic rings. The second-order valence-electron chi connectivity index (χ2n) is 6.86. The van der Waals surface area contributed by atoms with E-state index in [-0.39, 0.29) is 0 Å². The van der Waals surface area contributed by atoms with E-state index in [4.69, 9.17) is 21.3 Å². The van der Waals surface area contributed by atoms with Gasteiger partial charge in [-0.3, -0.25) is 0 Å². The molecule has 5 rings (SSSR count). The van der Waals surface area contributed by atoms with Gasteiger partial charge >= 0.3 is 0 Å². The number of benzene rings is 1. The quantitative estimate of drug-likeness (QED) is 0.801. The van der Waals surface area contributed by atoms with Crippen LogP contribution in [0.5, 0.6) is 5.75 Å². The van der Waals surface area contributed by atoms with Crippen LogP contribution in [0.2, 0.25) is 0 Å². The molecular weight excluding hydrogens is 284 g/mol. The molecule has 0 spiro atoms. The first-order valence-electron chi connectivity index (χ1n) is 7.92. The summed E-state index contributed by atoms with van der Waals surface area (Å²) in [5.74, 6) is 6.09. The number of ether oxygens (including phenoxy) is 1. The summed E-state index contributed by atoms with van der Waals surface area (Å²) in [6.07, 6.45) is 4.36. The molecule has 2 bridgehead atoms. The van der Waals surface area contributed by atoms with Crippen molar-refractivity contribution < 1.29 is 4.74 Å². The van der Waals surface area contributed by atoms with E-state index in [0.29, 0.717) is 11.9 Å². The zero-order chi connectivity index (χ0) is 14.1. The lowest BCUT2D eigenvalue weighted by Crippen LogP contribution is -2.07. The lowest BCUT2D eigenvalue weighted by Gasteiger charge is -2.13. The number of aromatic nitrogens is 2. The monoisotopic (exact) mass is 302 g/mol. The van der Waals surface area contributed by atoms with Crippen LogP contribution in [0.4, 0.5) is 0 Å². The SMILES string of the molecule is COc1ccc2c(c1)nc(CCl)n2C1C2C3CCC(C3)C21. The van der Waals surface area contributed by atoms with Crippen LogP contribution in [0.1, 0.15) is 31.1 Å². The van der Waals surface area contributed by atoms with Crippen molar-refractivity contribution in [2.75, 3.05) is 7.11 Å². The van der Waals surface area contributed by atoms with Crippen LogP contribution < -0.4 is 4.74 Å². The van der Waals surface area contributed by atoms with Crippen molar-refractivity contribution in [3.63, 3.8) is 0 Å². The molecule has 0 radical (unpaired) electrons. The molecule has 4 heteroatoms. The number of hydrogen-bond donors (Lipinski definition) is 0. The predicted octanol–water partition coefficient (Wildman–Crippen LogP) is 4.00. The largest absolute Gasteiger partial charge is 0.497 e. The Hall–Kier alpha value is -1.22. The third-order valence-corrected chi connectivity index (χ3v) is 6.32. The van der Waals surface area contributed by atoms with E-state index in [1.807, 2.05) is 12.1 Å². The maximum Gasteiger partial charge on any atom is 0.125 e. The van der Waals surface area contributed by atoms with Gasteiger partial charge in [0.15, 0.2) is 0 Å². The topological polar surface area (TPSA) is 27.1 Å². The minimum Gasteiger partial charge on any atom is -0.497 e. The molecule has 3 nitrogen and oxygen atoms in total. The van der Waals surface area contributed by atoms with Crippen LogP contribution in [-0.2, 0) is 5.88 Å². The fourth-order valence-corrected chi connectivity index (χ4v) is 5.49. The number of nitrogens with zero attached hydrogens (tertiary/aromatic N) is 2. The van der Waals surface area contributed by atoms with Crippen molar-refractivity contribution >= 4 is 22.6 Å². The summed E-state index contributed by atoms with van der Waals surface area (Å²) in [6.45, 7) is 0. The van der Waals surface area contributed by atoms with Gasteiger partial charge in [-0.15, -0.1) is 11.6 Å². The smallest absolute Gasteiger partial charge is 0.125 e. The molecular formula is C17H19ClN2O. The van der Waals surface area contributed by atoms with Crippen LogP contribution in [0, 0.1) is 23.7 Å². The molecule has 0 amide bonds. The van der Waals surface area contributed by atoms with Crippen LogP contribution >= 0.6 is 11.6 Å². The van der Waals surface area contributed by atoms with Crippen molar-refractivity contribution in [3.8, 4) is 5.75 Å². The highest BCUT2D eigenvalue weighted by atomic mass is 35.5. The standard InChI is InChI=1S/C17H19ClN2O/c1-21-11-4-5-13-12(7-11)19-14(8-18)20(13)17-15-9-2-3-10(6-9)16(15)17/h4-5,7,9-10,15-17H,2-3,6,8H2,1H3. The third-order valence-electron chi connectivity index (χ3n) is 6.08. The number of imidazole rings is 1. The summed E-state index contributed by atoms with van der Waals surface area (Å²) in [7, 11) is 1.70. The summed E-state index contributed by atoms with van der Waals surface area (Å²) in [4.78, 5) is 4.75. The first-order valence-corrected chi connectivity index (χ1v) is 8.46. The molecule has 21 heavy (non-hydrogen) atoms. The fraction of sp³-hybridized carbons (Fsp3) is 0.588. The van der Waals surface area contributed by atoms with Gasteiger partial charge in [-0.2, -0.15) is 0 Å². The van der Waals surface area contributed by atoms with E-state index < -0.39 is 0 Å². The Balaban J connectivity index is 1.63. The van der Waals surface area contributed by atoms with Gasteiger partial charge in [0.2, 0.25) is 0 Å². The summed E-state index contributed by atoms with van der Waals surface area (Å²) in [5, 5.41) is 0. The van der Waals surface area contributed by atoms with E-state index in [1.165, 1.54) is 24.8 Å². The Labute approximate surface area is 129 Å². The first kappa shape index (κ1) is 12.3. The van der Waals surface area contributed by atoms with E-state index >= 15 is 0 Å². The molecule has 4 unspecified atom stereocenters. The number of alkyl halides is 1. The van der Waals surface area contributed by atoms with Crippen molar-refractivity contribution in [1.29, 1.82) is 0 Å². The predicted molar refractivity (Wildman–Crippen MR) is 82.7 cm³/mol. The summed E-state index contributed by atoms with van der Waals surface area (Å²) >= 11 is 6.18. The maximum atomic E-state index is 6.18. The van der Waals surface area contributed by atoms with Gasteiger partial charge < -0.3 is 9.30 Å². The molecule has 1 aromatic heterocycles. The van der Waals surface area contributed by atoms with E-state index in [0.717, 1.165) is 40.8 Å². The molecule has 1 heterocycles. The van der Waals surface area contributed by atoms with Crippen LogP contribution in [0.25, 0.3) is 11.0 Å². The van der Waals surface area contributed by atoms with E-state index in [2.05, 4.69) is 10.6 Å². The zero-order valence-electron chi connectivity index (χ0n) is 12.1. The summed E-state index contributed by atoms with van der Waals surface area (Å²) < 4.78 is 7.76. The maximum absolute atomic E-state index is 6.18. The minimum absolute atomic E-state index is 0.488.